The van der Waals surface area contributed by atoms with Gasteiger partial charge in [-0.25, -0.2) is 8.78 Å². The van der Waals surface area contributed by atoms with Gasteiger partial charge in [-0.2, -0.15) is 0 Å². The topological polar surface area (TPSA) is 49.5 Å². The van der Waals surface area contributed by atoms with E-state index in [1.807, 2.05) is 4.90 Å². The van der Waals surface area contributed by atoms with E-state index in [2.05, 4.69) is 0 Å². The second-order valence-electron chi connectivity index (χ2n) is 4.73. The van der Waals surface area contributed by atoms with Crippen molar-refractivity contribution in [3.05, 3.63) is 23.8 Å². The standard InChI is InChI=1S/C13H18F2N2O/c14-13(15)11-7-10(16)1-2-12(11)17-5-3-9(8-18)4-6-17/h1-2,7,9,13,18H,3-6,8,16H2. The highest BCUT2D eigenvalue weighted by molar-refractivity contribution is 5.60. The third-order valence-corrected chi connectivity index (χ3v) is 3.50. The Balaban J connectivity index is 2.18. The Labute approximate surface area is 105 Å². The first-order valence-corrected chi connectivity index (χ1v) is 6.15. The summed E-state index contributed by atoms with van der Waals surface area (Å²) in [5.41, 5.74) is 6.48. The second kappa shape index (κ2) is 5.52. The maximum absolute atomic E-state index is 13.0. The lowest BCUT2D eigenvalue weighted by Crippen LogP contribution is -2.35. The lowest BCUT2D eigenvalue weighted by atomic mass is 9.97. The largest absolute Gasteiger partial charge is 0.399 e. The van der Waals surface area contributed by atoms with Crippen LogP contribution in [-0.2, 0) is 0 Å². The number of alkyl halides is 2. The van der Waals surface area contributed by atoms with Crippen LogP contribution in [0, 0.1) is 5.92 Å². The number of piperidine rings is 1. The molecule has 1 aliphatic rings. The van der Waals surface area contributed by atoms with Crippen LogP contribution in [0.2, 0.25) is 0 Å². The Bertz CT molecular complexity index is 404. The van der Waals surface area contributed by atoms with Crippen molar-refractivity contribution in [1.82, 2.24) is 0 Å². The van der Waals surface area contributed by atoms with Gasteiger partial charge < -0.3 is 15.7 Å². The summed E-state index contributed by atoms with van der Waals surface area (Å²) in [6.45, 7) is 1.58. The van der Waals surface area contributed by atoms with Crippen LogP contribution in [0.4, 0.5) is 20.2 Å². The van der Waals surface area contributed by atoms with E-state index in [4.69, 9.17) is 10.8 Å². The van der Waals surface area contributed by atoms with E-state index < -0.39 is 6.43 Å². The van der Waals surface area contributed by atoms with Gasteiger partial charge in [0.15, 0.2) is 0 Å². The Kier molecular flexibility index (Phi) is 4.01. The van der Waals surface area contributed by atoms with E-state index in [1.54, 1.807) is 12.1 Å². The molecule has 0 atom stereocenters. The van der Waals surface area contributed by atoms with Crippen molar-refractivity contribution < 1.29 is 13.9 Å². The molecule has 1 aromatic carbocycles. The molecule has 100 valence electrons. The van der Waals surface area contributed by atoms with Crippen LogP contribution >= 0.6 is 0 Å². The molecule has 3 nitrogen and oxygen atoms in total. The molecule has 5 heteroatoms. The van der Waals surface area contributed by atoms with E-state index in [0.29, 0.717) is 30.4 Å². The van der Waals surface area contributed by atoms with Gasteiger partial charge >= 0.3 is 0 Å². The molecule has 1 fully saturated rings. The number of halogens is 2. The van der Waals surface area contributed by atoms with Gasteiger partial charge in [-0.05, 0) is 37.0 Å². The first-order valence-electron chi connectivity index (χ1n) is 6.15. The predicted octanol–water partition coefficient (Wildman–Crippen LogP) is 2.42. The molecule has 2 rings (SSSR count). The van der Waals surface area contributed by atoms with E-state index in [0.717, 1.165) is 12.8 Å². The Morgan fingerprint density at radius 3 is 2.56 bits per heavy atom. The molecule has 0 saturated carbocycles. The number of aliphatic hydroxyl groups is 1. The molecule has 18 heavy (non-hydrogen) atoms. The lowest BCUT2D eigenvalue weighted by Gasteiger charge is -2.34. The number of nitrogen functional groups attached to an aromatic ring is 1. The molecule has 0 amide bonds. The summed E-state index contributed by atoms with van der Waals surface area (Å²) in [6.07, 6.45) is -0.841. The fourth-order valence-corrected chi connectivity index (χ4v) is 2.39. The number of aliphatic hydroxyl groups excluding tert-OH is 1. The molecule has 1 saturated heterocycles. The molecular weight excluding hydrogens is 238 g/mol. The second-order valence-corrected chi connectivity index (χ2v) is 4.73. The molecule has 3 N–H and O–H groups in total. The minimum absolute atomic E-state index is 0.00236. The Hall–Kier alpha value is -1.36. The van der Waals surface area contributed by atoms with Crippen molar-refractivity contribution >= 4 is 11.4 Å². The number of hydrogen-bond donors (Lipinski definition) is 2. The maximum atomic E-state index is 13.0. The van der Waals surface area contributed by atoms with Crippen LogP contribution in [0.3, 0.4) is 0 Å². The van der Waals surface area contributed by atoms with Crippen molar-refractivity contribution in [3.8, 4) is 0 Å². The smallest absolute Gasteiger partial charge is 0.265 e. The average molecular weight is 256 g/mol. The highest BCUT2D eigenvalue weighted by atomic mass is 19.3. The third-order valence-electron chi connectivity index (χ3n) is 3.50. The Morgan fingerprint density at radius 2 is 2.00 bits per heavy atom. The fourth-order valence-electron chi connectivity index (χ4n) is 2.39. The van der Waals surface area contributed by atoms with Gasteiger partial charge in [0.05, 0.1) is 0 Å². The number of rotatable bonds is 3. The summed E-state index contributed by atoms with van der Waals surface area (Å²) in [5, 5.41) is 9.07. The van der Waals surface area contributed by atoms with E-state index in [-0.39, 0.29) is 12.2 Å². The van der Waals surface area contributed by atoms with E-state index in [9.17, 15) is 8.78 Å². The zero-order valence-electron chi connectivity index (χ0n) is 10.1. The SMILES string of the molecule is Nc1ccc(N2CCC(CO)CC2)c(C(F)F)c1. The molecule has 0 bridgehead atoms. The zero-order valence-corrected chi connectivity index (χ0v) is 10.1. The molecule has 1 aliphatic heterocycles. The van der Waals surface area contributed by atoms with E-state index in [1.165, 1.54) is 6.07 Å². The quantitative estimate of drug-likeness (QED) is 0.816. The van der Waals surface area contributed by atoms with Gasteiger partial charge in [0.2, 0.25) is 0 Å². The van der Waals surface area contributed by atoms with Gasteiger partial charge in [0.1, 0.15) is 0 Å². The van der Waals surface area contributed by atoms with Gasteiger partial charge in [-0.15, -0.1) is 0 Å². The van der Waals surface area contributed by atoms with Crippen molar-refractivity contribution in [1.29, 1.82) is 0 Å². The highest BCUT2D eigenvalue weighted by Crippen LogP contribution is 2.33. The summed E-state index contributed by atoms with van der Waals surface area (Å²) in [6, 6.07) is 4.66. The molecule has 0 radical (unpaired) electrons. The van der Waals surface area contributed by atoms with E-state index >= 15 is 0 Å². The summed E-state index contributed by atoms with van der Waals surface area (Å²) in [7, 11) is 0. The zero-order chi connectivity index (χ0) is 13.1. The van der Waals surface area contributed by atoms with Crippen LogP contribution in [-0.4, -0.2) is 24.8 Å². The molecule has 0 aromatic heterocycles. The molecule has 1 heterocycles. The average Bonchev–Trinajstić information content (AvgIpc) is 2.39. The van der Waals surface area contributed by atoms with Crippen LogP contribution in [0.5, 0.6) is 0 Å². The van der Waals surface area contributed by atoms with Crippen molar-refractivity contribution in [2.24, 2.45) is 5.92 Å². The summed E-state index contributed by atoms with van der Waals surface area (Å²) in [4.78, 5) is 1.95. The number of nitrogens with two attached hydrogens (primary N) is 1. The molecule has 1 aromatic rings. The van der Waals surface area contributed by atoms with Gasteiger partial charge in [-0.3, -0.25) is 0 Å². The first kappa shape index (κ1) is 13.1. The normalized spacial score (nSPS) is 17.4. The molecule has 0 spiro atoms. The van der Waals surface area contributed by atoms with Crippen LogP contribution in [0.25, 0.3) is 0 Å². The van der Waals surface area contributed by atoms with Gasteiger partial charge in [0, 0.05) is 36.6 Å². The maximum Gasteiger partial charge on any atom is 0.265 e. The minimum Gasteiger partial charge on any atom is -0.399 e. The van der Waals surface area contributed by atoms with Crippen LogP contribution in [0.15, 0.2) is 18.2 Å². The van der Waals surface area contributed by atoms with Crippen molar-refractivity contribution in [3.63, 3.8) is 0 Å². The molecule has 0 unspecified atom stereocenters. The summed E-state index contributed by atoms with van der Waals surface area (Å²) in [5.74, 6) is 0.296. The van der Waals surface area contributed by atoms with Crippen molar-refractivity contribution in [2.75, 3.05) is 30.3 Å². The highest BCUT2D eigenvalue weighted by Gasteiger charge is 2.23. The van der Waals surface area contributed by atoms with Gasteiger partial charge in [0.25, 0.3) is 6.43 Å². The number of benzene rings is 1. The summed E-state index contributed by atoms with van der Waals surface area (Å²) >= 11 is 0. The molecular formula is C13H18F2N2O. The predicted molar refractivity (Wildman–Crippen MR) is 67.8 cm³/mol. The van der Waals surface area contributed by atoms with Crippen LogP contribution in [0.1, 0.15) is 24.8 Å². The number of anilines is 2. The first-order chi connectivity index (χ1) is 8.61. The van der Waals surface area contributed by atoms with Crippen LogP contribution < -0.4 is 10.6 Å². The third kappa shape index (κ3) is 2.72. The minimum atomic E-state index is -2.51. The number of hydrogen-bond acceptors (Lipinski definition) is 3. The Morgan fingerprint density at radius 1 is 1.33 bits per heavy atom. The van der Waals surface area contributed by atoms with Gasteiger partial charge in [-0.1, -0.05) is 0 Å². The fraction of sp³-hybridized carbons (Fsp3) is 0.538. The summed E-state index contributed by atoms with van der Waals surface area (Å²) < 4.78 is 26.0. The number of nitrogens with zero attached hydrogens (tertiary/aromatic N) is 1. The monoisotopic (exact) mass is 256 g/mol. The molecule has 0 aliphatic carbocycles. The lowest BCUT2D eigenvalue weighted by molar-refractivity contribution is 0.151. The van der Waals surface area contributed by atoms with Crippen molar-refractivity contribution in [2.45, 2.75) is 19.3 Å².